The van der Waals surface area contributed by atoms with Gasteiger partial charge in [0.1, 0.15) is 109 Å². The molecular weight excluding hydrogens is 1150 g/mol. The standard InChI is InChI=1S/C38H47N20O20P3/c39-28-18-32(47-6-43-28)55(10-51-18)14-69-1-2-70-79(63,64)76-26-23(61)16(74-37(26)57-12-53-20-30(41)45-8-49-34(20)57)4-72-81(67,68)78-27-24(62)17(75-38(27)58-13-54-21-31(42)46-9-50-35(21)58)5-71-80(65,66)77-25-22(60)15(3-59)73-36(25)56-11-52-19-29(40)44-7-48-33(19)56/h6-13,15-17,22-27,36-38,59-62H,1-5,14H2,(H,63,64)(H,65,66)(H,67,68)(H2,39,43,47)(H2,40,44,48)(H2,41,45,49)(H2,42,46,50)/p-3/t15-,16-,17-,22-,23-,24-,25-,26-,27-,36-,37-,38-/m1/s1. The molecule has 0 bridgehead atoms. The maximum atomic E-state index is 13.9. The minimum atomic E-state index is -5.79. The van der Waals surface area contributed by atoms with Gasteiger partial charge in [0.15, 0.2) is 64.5 Å². The smallest absolute Gasteiger partial charge is 0.268 e. The molecule has 43 heteroatoms. The number of hydrogen-bond donors (Lipinski definition) is 8. The van der Waals surface area contributed by atoms with Gasteiger partial charge in [-0.15, -0.1) is 0 Å². The van der Waals surface area contributed by atoms with E-state index in [2.05, 4.69) is 59.8 Å². The largest absolute Gasteiger partial charge is 0.756 e. The summed E-state index contributed by atoms with van der Waals surface area (Å²) < 4.78 is 100. The summed E-state index contributed by atoms with van der Waals surface area (Å²) in [6.07, 6.45) is -12.5. The zero-order valence-corrected chi connectivity index (χ0v) is 43.6. The van der Waals surface area contributed by atoms with Crippen LogP contribution in [0.5, 0.6) is 0 Å². The molecule has 3 aliphatic heterocycles. The fourth-order valence-electron chi connectivity index (χ4n) is 8.99. The Morgan fingerprint density at radius 3 is 1.23 bits per heavy atom. The van der Waals surface area contributed by atoms with Gasteiger partial charge in [0.2, 0.25) is 0 Å². The number of nitrogens with two attached hydrogens (primary N) is 4. The van der Waals surface area contributed by atoms with Crippen molar-refractivity contribution in [2.45, 2.75) is 80.4 Å². The van der Waals surface area contributed by atoms with Crippen LogP contribution in [0.15, 0.2) is 50.6 Å². The lowest BCUT2D eigenvalue weighted by Crippen LogP contribution is -2.38. The first-order chi connectivity index (χ1) is 38.7. The molecule has 3 saturated heterocycles. The van der Waals surface area contributed by atoms with Gasteiger partial charge in [-0.2, -0.15) is 0 Å². The topological polar surface area (TPSA) is 572 Å². The Hall–Kier alpha value is -6.59. The van der Waals surface area contributed by atoms with Gasteiger partial charge in [0, 0.05) is 0 Å². The SMILES string of the molecule is Nc1ncnc2c1ncn2COCCOP(=O)([O-])O[C@@H]1[C@H](O)[C@@H](COP(=O)([O-])O[C@@H]2[C@H](O)[C@@H](COP(=O)([O-])O[C@@H]3[C@H](O)[C@@H](CO)O[C@H]3n3cnc4c(N)ncnc43)O[C@H]2n2cnc3c(N)ncnc32)O[C@H]1n1cnc2c(N)ncnc21. The van der Waals surface area contributed by atoms with Crippen molar-refractivity contribution in [3.63, 3.8) is 0 Å². The molecule has 8 aromatic heterocycles. The predicted molar refractivity (Wildman–Crippen MR) is 257 cm³/mol. The number of aliphatic hydroxyl groups is 4. The summed E-state index contributed by atoms with van der Waals surface area (Å²) in [5, 5.41) is 44.3. The average molecular weight is 1190 g/mol. The Morgan fingerprint density at radius 1 is 0.481 bits per heavy atom. The Balaban J connectivity index is 0.780. The molecule has 12 N–H and O–H groups in total. The summed E-state index contributed by atoms with van der Waals surface area (Å²) in [6, 6.07) is 0. The lowest BCUT2D eigenvalue weighted by Gasteiger charge is -2.31. The molecule has 0 aliphatic carbocycles. The van der Waals surface area contributed by atoms with Gasteiger partial charge < -0.3 is 104 Å². The lowest BCUT2D eigenvalue weighted by atomic mass is 10.1. The van der Waals surface area contributed by atoms with Gasteiger partial charge >= 0.3 is 0 Å². The van der Waals surface area contributed by atoms with E-state index in [9.17, 15) is 48.8 Å². The highest BCUT2D eigenvalue weighted by molar-refractivity contribution is 7.46. The Morgan fingerprint density at radius 2 is 0.827 bits per heavy atom. The molecule has 3 fully saturated rings. The molecule has 11 heterocycles. The summed E-state index contributed by atoms with van der Waals surface area (Å²) in [6.45, 7) is -4.11. The number of rotatable bonds is 22. The van der Waals surface area contributed by atoms with Crippen LogP contribution in [0.1, 0.15) is 18.7 Å². The maximum Gasteiger partial charge on any atom is 0.268 e. The van der Waals surface area contributed by atoms with Crippen molar-refractivity contribution in [3.8, 4) is 0 Å². The molecule has 40 nitrogen and oxygen atoms in total. The number of aromatic nitrogens is 16. The van der Waals surface area contributed by atoms with Crippen molar-refractivity contribution in [2.75, 3.05) is 56.0 Å². The van der Waals surface area contributed by atoms with Crippen molar-refractivity contribution < 1.29 is 94.9 Å². The highest BCUT2D eigenvalue weighted by Gasteiger charge is 2.52. The number of nitrogens with zero attached hydrogens (tertiary/aromatic N) is 16. The van der Waals surface area contributed by atoms with E-state index in [0.717, 1.165) is 47.1 Å². The van der Waals surface area contributed by atoms with Crippen LogP contribution in [0, 0.1) is 0 Å². The lowest BCUT2D eigenvalue weighted by molar-refractivity contribution is -0.238. The van der Waals surface area contributed by atoms with E-state index in [1.54, 1.807) is 0 Å². The molecule has 0 aromatic carbocycles. The Labute approximate surface area is 450 Å². The quantitative estimate of drug-likeness (QED) is 0.0233. The first-order valence-corrected chi connectivity index (χ1v) is 27.9. The third-order valence-corrected chi connectivity index (χ3v) is 15.7. The number of nitrogen functional groups attached to an aromatic ring is 4. The second kappa shape index (κ2) is 22.3. The Bertz CT molecular complexity index is 3750. The number of anilines is 4. The maximum absolute atomic E-state index is 13.9. The molecule has 3 aliphatic rings. The number of phosphoric acid groups is 3. The average Bonchev–Trinajstić information content (AvgIpc) is 4.50. The molecule has 0 spiro atoms. The second-order valence-corrected chi connectivity index (χ2v) is 21.8. The van der Waals surface area contributed by atoms with Crippen LogP contribution in [-0.2, 0) is 66.5 Å². The summed E-state index contributed by atoms with van der Waals surface area (Å²) in [5.74, 6) is -0.131. The fraction of sp³-hybridized carbons (Fsp3) is 0.474. The van der Waals surface area contributed by atoms with Crippen LogP contribution in [-0.4, -0.2) is 186 Å². The normalized spacial score (nSPS) is 28.3. The number of hydrogen-bond acceptors (Lipinski definition) is 36. The summed E-state index contributed by atoms with van der Waals surface area (Å²) in [7, 11) is -16.8. The van der Waals surface area contributed by atoms with Crippen LogP contribution >= 0.6 is 23.5 Å². The van der Waals surface area contributed by atoms with Crippen molar-refractivity contribution in [1.82, 2.24) is 78.1 Å². The van der Waals surface area contributed by atoms with Crippen LogP contribution in [0.25, 0.3) is 44.7 Å². The predicted octanol–water partition coefficient (Wildman–Crippen LogP) is -4.97. The summed E-state index contributed by atoms with van der Waals surface area (Å²) >= 11 is 0. The molecule has 11 rings (SSSR count). The molecule has 0 radical (unpaired) electrons. The van der Waals surface area contributed by atoms with Gasteiger partial charge in [-0.1, -0.05) is 0 Å². The zero-order valence-electron chi connectivity index (χ0n) is 40.9. The molecular formula is C38H44N20O20P3-3. The van der Waals surface area contributed by atoms with Crippen molar-refractivity contribution >= 4 is 91.4 Å². The van der Waals surface area contributed by atoms with Crippen LogP contribution in [0.3, 0.4) is 0 Å². The molecule has 0 saturated carbocycles. The summed E-state index contributed by atoms with van der Waals surface area (Å²) in [4.78, 5) is 89.2. The third-order valence-electron chi connectivity index (χ3n) is 12.8. The highest BCUT2D eigenvalue weighted by Crippen LogP contribution is 2.51. The monoisotopic (exact) mass is 1190 g/mol. The minimum Gasteiger partial charge on any atom is -0.756 e. The van der Waals surface area contributed by atoms with Crippen molar-refractivity contribution in [2.24, 2.45) is 0 Å². The van der Waals surface area contributed by atoms with Gasteiger partial charge in [0.25, 0.3) is 23.5 Å². The second-order valence-electron chi connectivity index (χ2n) is 17.8. The Kier molecular flexibility index (Phi) is 15.5. The van der Waals surface area contributed by atoms with Crippen LogP contribution in [0.2, 0.25) is 0 Å². The zero-order chi connectivity index (χ0) is 57.1. The molecule has 434 valence electrons. The van der Waals surface area contributed by atoms with E-state index in [1.807, 2.05) is 0 Å². The molecule has 3 unspecified atom stereocenters. The molecule has 8 aromatic rings. The number of imidazole rings is 4. The van der Waals surface area contributed by atoms with Gasteiger partial charge in [-0.25, -0.2) is 59.8 Å². The number of aliphatic hydroxyl groups excluding tert-OH is 4. The van der Waals surface area contributed by atoms with E-state index < -0.39 is 124 Å². The molecule has 15 atom stereocenters. The van der Waals surface area contributed by atoms with Crippen molar-refractivity contribution in [1.29, 1.82) is 0 Å². The number of fused-ring (bicyclic) bond motifs is 4. The summed E-state index contributed by atoms with van der Waals surface area (Å²) in [5.41, 5.74) is 24.4. The first kappa shape index (κ1) is 56.3. The molecule has 0 amide bonds. The molecule has 81 heavy (non-hydrogen) atoms. The van der Waals surface area contributed by atoms with E-state index in [-0.39, 0.29) is 70.1 Å². The van der Waals surface area contributed by atoms with E-state index >= 15 is 0 Å². The van der Waals surface area contributed by atoms with Gasteiger partial charge in [-0.05, 0) is 0 Å². The fourth-order valence-corrected chi connectivity index (χ4v) is 11.7. The van der Waals surface area contributed by atoms with Gasteiger partial charge in [0.05, 0.1) is 58.3 Å². The van der Waals surface area contributed by atoms with Crippen LogP contribution < -0.4 is 37.6 Å². The van der Waals surface area contributed by atoms with E-state index in [4.69, 9.17) is 69.0 Å². The van der Waals surface area contributed by atoms with E-state index in [1.165, 1.54) is 21.8 Å². The minimum absolute atomic E-state index is 0.0116. The van der Waals surface area contributed by atoms with Crippen molar-refractivity contribution in [3.05, 3.63) is 50.6 Å². The van der Waals surface area contributed by atoms with Gasteiger partial charge in [-0.3, -0.25) is 32.0 Å². The number of phosphoric ester groups is 3. The first-order valence-electron chi connectivity index (χ1n) is 23.5. The van der Waals surface area contributed by atoms with Crippen LogP contribution in [0.4, 0.5) is 23.3 Å². The number of ether oxygens (including phenoxy) is 4. The highest BCUT2D eigenvalue weighted by atomic mass is 31.2. The van der Waals surface area contributed by atoms with E-state index in [0.29, 0.717) is 11.2 Å². The third kappa shape index (κ3) is 11.1.